The predicted octanol–water partition coefficient (Wildman–Crippen LogP) is 4.30. The second-order valence-electron chi connectivity index (χ2n) is 4.84. The first-order chi connectivity index (χ1) is 9.69. The SMILES string of the molecule is COc1ccc2cc(C(O)c3sccc3C)ccc2c1. The van der Waals surface area contributed by atoms with Crippen LogP contribution in [0.1, 0.15) is 22.1 Å². The lowest BCUT2D eigenvalue weighted by Crippen LogP contribution is -1.98. The molecule has 1 atom stereocenters. The molecule has 3 aromatic rings. The van der Waals surface area contributed by atoms with Crippen molar-refractivity contribution in [3.63, 3.8) is 0 Å². The fourth-order valence-corrected chi connectivity index (χ4v) is 3.29. The van der Waals surface area contributed by atoms with E-state index in [9.17, 15) is 5.11 Å². The third-order valence-electron chi connectivity index (χ3n) is 3.54. The molecule has 0 saturated heterocycles. The van der Waals surface area contributed by atoms with Crippen molar-refractivity contribution < 1.29 is 9.84 Å². The number of ether oxygens (including phenoxy) is 1. The molecule has 0 amide bonds. The van der Waals surface area contributed by atoms with Crippen LogP contribution in [0.3, 0.4) is 0 Å². The molecular weight excluding hydrogens is 268 g/mol. The van der Waals surface area contributed by atoms with Crippen molar-refractivity contribution in [2.45, 2.75) is 13.0 Å². The van der Waals surface area contributed by atoms with Gasteiger partial charge in [-0.2, -0.15) is 0 Å². The molecule has 0 spiro atoms. The quantitative estimate of drug-likeness (QED) is 0.777. The Bertz CT molecular complexity index is 746. The van der Waals surface area contributed by atoms with Crippen molar-refractivity contribution in [2.75, 3.05) is 7.11 Å². The lowest BCUT2D eigenvalue weighted by molar-refractivity contribution is 0.223. The summed E-state index contributed by atoms with van der Waals surface area (Å²) in [6.07, 6.45) is -0.554. The third-order valence-corrected chi connectivity index (χ3v) is 4.61. The molecule has 1 N–H and O–H groups in total. The molecule has 2 nitrogen and oxygen atoms in total. The van der Waals surface area contributed by atoms with Gasteiger partial charge in [0.1, 0.15) is 11.9 Å². The van der Waals surface area contributed by atoms with E-state index >= 15 is 0 Å². The highest BCUT2D eigenvalue weighted by Gasteiger charge is 2.14. The number of thiophene rings is 1. The highest BCUT2D eigenvalue weighted by Crippen LogP contribution is 2.31. The number of hydrogen-bond acceptors (Lipinski definition) is 3. The molecule has 3 rings (SSSR count). The number of aliphatic hydroxyl groups excluding tert-OH is 1. The van der Waals surface area contributed by atoms with E-state index in [1.165, 1.54) is 0 Å². The number of aliphatic hydroxyl groups is 1. The first kappa shape index (κ1) is 13.2. The van der Waals surface area contributed by atoms with Crippen LogP contribution in [0.2, 0.25) is 0 Å². The molecule has 1 heterocycles. The van der Waals surface area contributed by atoms with Crippen LogP contribution in [0, 0.1) is 6.92 Å². The van der Waals surface area contributed by atoms with Gasteiger partial charge in [0.25, 0.3) is 0 Å². The number of hydrogen-bond donors (Lipinski definition) is 1. The molecule has 3 heteroatoms. The first-order valence-corrected chi connectivity index (χ1v) is 7.37. The average Bonchev–Trinajstić information content (AvgIpc) is 2.91. The zero-order valence-corrected chi connectivity index (χ0v) is 12.3. The summed E-state index contributed by atoms with van der Waals surface area (Å²) in [4.78, 5) is 1.01. The van der Waals surface area contributed by atoms with Crippen molar-refractivity contribution in [1.29, 1.82) is 0 Å². The van der Waals surface area contributed by atoms with Crippen LogP contribution in [-0.4, -0.2) is 12.2 Å². The molecular formula is C17H16O2S. The molecule has 102 valence electrons. The summed E-state index contributed by atoms with van der Waals surface area (Å²) < 4.78 is 5.23. The summed E-state index contributed by atoms with van der Waals surface area (Å²) in [6.45, 7) is 2.03. The maximum absolute atomic E-state index is 10.5. The van der Waals surface area contributed by atoms with Crippen LogP contribution in [0.5, 0.6) is 5.75 Å². The van der Waals surface area contributed by atoms with Crippen molar-refractivity contribution in [2.24, 2.45) is 0 Å². The Hall–Kier alpha value is -1.84. The van der Waals surface area contributed by atoms with E-state index in [4.69, 9.17) is 4.74 Å². The standard InChI is InChI=1S/C17H16O2S/c1-11-7-8-20-17(11)16(18)14-4-3-13-10-15(19-2)6-5-12(13)9-14/h3-10,16,18H,1-2H3. The molecule has 0 radical (unpaired) electrons. The minimum atomic E-state index is -0.554. The van der Waals surface area contributed by atoms with E-state index in [2.05, 4.69) is 0 Å². The van der Waals surface area contributed by atoms with Gasteiger partial charge in [0.2, 0.25) is 0 Å². The minimum Gasteiger partial charge on any atom is -0.497 e. The van der Waals surface area contributed by atoms with Crippen LogP contribution < -0.4 is 4.74 Å². The summed E-state index contributed by atoms with van der Waals surface area (Å²) in [7, 11) is 1.67. The second-order valence-corrected chi connectivity index (χ2v) is 5.79. The molecule has 20 heavy (non-hydrogen) atoms. The van der Waals surface area contributed by atoms with E-state index in [0.29, 0.717) is 0 Å². The van der Waals surface area contributed by atoms with Gasteiger partial charge in [0.15, 0.2) is 0 Å². The first-order valence-electron chi connectivity index (χ1n) is 6.49. The second kappa shape index (κ2) is 5.27. The zero-order valence-electron chi connectivity index (χ0n) is 11.5. The number of rotatable bonds is 3. The van der Waals surface area contributed by atoms with Gasteiger partial charge in [-0.3, -0.25) is 0 Å². The van der Waals surface area contributed by atoms with Gasteiger partial charge in [0, 0.05) is 4.88 Å². The smallest absolute Gasteiger partial charge is 0.119 e. The lowest BCUT2D eigenvalue weighted by Gasteiger charge is -2.12. The Morgan fingerprint density at radius 2 is 1.80 bits per heavy atom. The monoisotopic (exact) mass is 284 g/mol. The zero-order chi connectivity index (χ0) is 14.1. The molecule has 0 aliphatic carbocycles. The van der Waals surface area contributed by atoms with E-state index in [1.807, 2.05) is 54.8 Å². The van der Waals surface area contributed by atoms with Crippen molar-refractivity contribution >= 4 is 22.1 Å². The number of methoxy groups -OCH3 is 1. The highest BCUT2D eigenvalue weighted by atomic mass is 32.1. The van der Waals surface area contributed by atoms with Gasteiger partial charge < -0.3 is 9.84 Å². The Morgan fingerprint density at radius 1 is 1.05 bits per heavy atom. The van der Waals surface area contributed by atoms with Gasteiger partial charge in [-0.1, -0.05) is 18.2 Å². The number of aryl methyl sites for hydroxylation is 1. The predicted molar refractivity (Wildman–Crippen MR) is 83.6 cm³/mol. The summed E-state index contributed by atoms with van der Waals surface area (Å²) in [5, 5.41) is 14.7. The summed E-state index contributed by atoms with van der Waals surface area (Å²) >= 11 is 1.59. The van der Waals surface area contributed by atoms with E-state index in [-0.39, 0.29) is 0 Å². The van der Waals surface area contributed by atoms with Crippen molar-refractivity contribution in [1.82, 2.24) is 0 Å². The van der Waals surface area contributed by atoms with E-state index < -0.39 is 6.10 Å². The molecule has 0 saturated carbocycles. The highest BCUT2D eigenvalue weighted by molar-refractivity contribution is 7.10. The topological polar surface area (TPSA) is 29.5 Å². The summed E-state index contributed by atoms with van der Waals surface area (Å²) in [5.74, 6) is 0.847. The fourth-order valence-electron chi connectivity index (χ4n) is 2.36. The van der Waals surface area contributed by atoms with Gasteiger partial charge in [-0.25, -0.2) is 0 Å². The summed E-state index contributed by atoms with van der Waals surface area (Å²) in [6, 6.07) is 14.0. The van der Waals surface area contributed by atoms with E-state index in [0.717, 1.165) is 32.5 Å². The Morgan fingerprint density at radius 3 is 2.50 bits per heavy atom. The van der Waals surface area contributed by atoms with Gasteiger partial charge in [-0.05, 0) is 58.5 Å². The van der Waals surface area contributed by atoms with Crippen LogP contribution in [0.15, 0.2) is 47.8 Å². The molecule has 0 aliphatic rings. The molecule has 0 fully saturated rings. The average molecular weight is 284 g/mol. The van der Waals surface area contributed by atoms with Gasteiger partial charge >= 0.3 is 0 Å². The van der Waals surface area contributed by atoms with E-state index in [1.54, 1.807) is 18.4 Å². The van der Waals surface area contributed by atoms with Crippen LogP contribution >= 0.6 is 11.3 Å². The van der Waals surface area contributed by atoms with Gasteiger partial charge in [0.05, 0.1) is 7.11 Å². The Kier molecular flexibility index (Phi) is 3.47. The maximum atomic E-state index is 10.5. The largest absolute Gasteiger partial charge is 0.497 e. The van der Waals surface area contributed by atoms with Crippen LogP contribution in [0.25, 0.3) is 10.8 Å². The lowest BCUT2D eigenvalue weighted by atomic mass is 10.0. The maximum Gasteiger partial charge on any atom is 0.119 e. The minimum absolute atomic E-state index is 0.554. The normalized spacial score (nSPS) is 12.6. The number of benzene rings is 2. The molecule has 0 aliphatic heterocycles. The van der Waals surface area contributed by atoms with Crippen molar-refractivity contribution in [3.8, 4) is 5.75 Å². The summed E-state index contributed by atoms with van der Waals surface area (Å²) in [5.41, 5.74) is 2.06. The fraction of sp³-hybridized carbons (Fsp3) is 0.176. The Balaban J connectivity index is 2.03. The Labute approximate surface area is 122 Å². The molecule has 2 aromatic carbocycles. The third kappa shape index (κ3) is 2.30. The molecule has 1 unspecified atom stereocenters. The molecule has 1 aromatic heterocycles. The van der Waals surface area contributed by atoms with Crippen LogP contribution in [0.4, 0.5) is 0 Å². The number of fused-ring (bicyclic) bond motifs is 1. The van der Waals surface area contributed by atoms with Crippen molar-refractivity contribution in [3.05, 3.63) is 63.8 Å². The van der Waals surface area contributed by atoms with Crippen LogP contribution in [-0.2, 0) is 0 Å². The molecule has 0 bridgehead atoms. The van der Waals surface area contributed by atoms with Gasteiger partial charge in [-0.15, -0.1) is 11.3 Å².